The third kappa shape index (κ3) is 2.18. The number of hydrogen-bond acceptors (Lipinski definition) is 4. The molecule has 3 rings (SSSR count). The second-order valence-corrected chi connectivity index (χ2v) is 5.28. The van der Waals surface area contributed by atoms with E-state index in [0.717, 1.165) is 22.2 Å². The Balaban J connectivity index is 2.33. The minimum atomic E-state index is -0.430. The molecule has 0 aliphatic carbocycles. The van der Waals surface area contributed by atoms with Crippen LogP contribution in [0.2, 0.25) is 0 Å². The predicted molar refractivity (Wildman–Crippen MR) is 85.5 cm³/mol. The van der Waals surface area contributed by atoms with Gasteiger partial charge >= 0.3 is 0 Å². The molecule has 6 heteroatoms. The highest BCUT2D eigenvalue weighted by Gasteiger charge is 2.18. The molecule has 112 valence electrons. The van der Waals surface area contributed by atoms with Gasteiger partial charge in [0.1, 0.15) is 0 Å². The summed E-state index contributed by atoms with van der Waals surface area (Å²) >= 11 is 0. The molecule has 0 aliphatic heterocycles. The number of aryl methyl sites for hydroxylation is 1. The van der Waals surface area contributed by atoms with Crippen LogP contribution in [0.3, 0.4) is 0 Å². The van der Waals surface area contributed by atoms with Crippen LogP contribution in [0.5, 0.6) is 0 Å². The van der Waals surface area contributed by atoms with Gasteiger partial charge in [-0.1, -0.05) is 30.3 Å². The van der Waals surface area contributed by atoms with Crippen molar-refractivity contribution in [3.8, 4) is 11.4 Å². The summed E-state index contributed by atoms with van der Waals surface area (Å²) in [7, 11) is 0. The molecule has 4 N–H and O–H groups in total. The van der Waals surface area contributed by atoms with Crippen LogP contribution in [-0.2, 0) is 11.2 Å². The van der Waals surface area contributed by atoms with E-state index in [0.29, 0.717) is 17.2 Å². The first-order chi connectivity index (χ1) is 10.5. The SMILES string of the molecule is Cc1c(C)n(N)c2nc(-c3ccccc3)nc(CC(N)=O)c12. The number of benzene rings is 1. The van der Waals surface area contributed by atoms with Gasteiger partial charge in [-0.25, -0.2) is 14.6 Å². The minimum Gasteiger partial charge on any atom is -0.369 e. The van der Waals surface area contributed by atoms with Crippen LogP contribution >= 0.6 is 0 Å². The van der Waals surface area contributed by atoms with E-state index in [1.807, 2.05) is 44.2 Å². The molecule has 0 saturated carbocycles. The standard InChI is InChI=1S/C16H17N5O/c1-9-10(2)21(18)16-14(9)12(8-13(17)22)19-15(20-16)11-6-4-3-5-7-11/h3-7H,8,18H2,1-2H3,(H2,17,22). The molecule has 6 nitrogen and oxygen atoms in total. The van der Waals surface area contributed by atoms with Crippen molar-refractivity contribution in [3.63, 3.8) is 0 Å². The van der Waals surface area contributed by atoms with Crippen LogP contribution in [0.25, 0.3) is 22.4 Å². The third-order valence-electron chi connectivity index (χ3n) is 3.85. The first kappa shape index (κ1) is 14.1. The molecule has 2 heterocycles. The largest absolute Gasteiger partial charge is 0.369 e. The van der Waals surface area contributed by atoms with Crippen LogP contribution < -0.4 is 11.6 Å². The zero-order valence-corrected chi connectivity index (χ0v) is 12.5. The molecule has 0 aliphatic rings. The van der Waals surface area contributed by atoms with Gasteiger partial charge in [0, 0.05) is 16.6 Å². The highest BCUT2D eigenvalue weighted by Crippen LogP contribution is 2.27. The Morgan fingerprint density at radius 2 is 1.86 bits per heavy atom. The lowest BCUT2D eigenvalue weighted by Crippen LogP contribution is -2.16. The van der Waals surface area contributed by atoms with Crippen LogP contribution in [-0.4, -0.2) is 20.6 Å². The molecule has 0 saturated heterocycles. The number of nitrogens with zero attached hydrogens (tertiary/aromatic N) is 3. The maximum absolute atomic E-state index is 11.4. The molecule has 3 aromatic rings. The molecule has 0 spiro atoms. The average molecular weight is 295 g/mol. The van der Waals surface area contributed by atoms with E-state index in [2.05, 4.69) is 9.97 Å². The zero-order chi connectivity index (χ0) is 15.9. The molecular weight excluding hydrogens is 278 g/mol. The topological polar surface area (TPSA) is 99.8 Å². The quantitative estimate of drug-likeness (QED) is 0.714. The fourth-order valence-electron chi connectivity index (χ4n) is 2.58. The molecule has 0 bridgehead atoms. The van der Waals surface area contributed by atoms with Gasteiger partial charge in [-0.05, 0) is 19.4 Å². The fraction of sp³-hybridized carbons (Fsp3) is 0.188. The van der Waals surface area contributed by atoms with Crippen molar-refractivity contribution in [1.29, 1.82) is 0 Å². The van der Waals surface area contributed by atoms with E-state index in [-0.39, 0.29) is 6.42 Å². The summed E-state index contributed by atoms with van der Waals surface area (Å²) in [5, 5.41) is 0.804. The number of fused-ring (bicyclic) bond motifs is 1. The van der Waals surface area contributed by atoms with E-state index >= 15 is 0 Å². The second kappa shape index (κ2) is 5.14. The van der Waals surface area contributed by atoms with Crippen molar-refractivity contribution < 1.29 is 4.79 Å². The van der Waals surface area contributed by atoms with Gasteiger partial charge in [0.2, 0.25) is 5.91 Å². The molecular formula is C16H17N5O. The van der Waals surface area contributed by atoms with E-state index in [9.17, 15) is 4.79 Å². The molecule has 0 unspecified atom stereocenters. The summed E-state index contributed by atoms with van der Waals surface area (Å²) in [5.41, 5.74) is 9.31. The lowest BCUT2D eigenvalue weighted by molar-refractivity contribution is -0.117. The van der Waals surface area contributed by atoms with E-state index < -0.39 is 5.91 Å². The number of hydrogen-bond donors (Lipinski definition) is 2. The molecule has 22 heavy (non-hydrogen) atoms. The van der Waals surface area contributed by atoms with Crippen LogP contribution in [0.1, 0.15) is 17.0 Å². The molecule has 2 aromatic heterocycles. The monoisotopic (exact) mass is 295 g/mol. The maximum Gasteiger partial charge on any atom is 0.223 e. The Morgan fingerprint density at radius 1 is 1.18 bits per heavy atom. The number of nitrogen functional groups attached to an aromatic ring is 1. The Bertz CT molecular complexity index is 867. The number of primary amides is 1. The number of nitrogens with two attached hydrogens (primary N) is 2. The van der Waals surface area contributed by atoms with Crippen molar-refractivity contribution in [1.82, 2.24) is 14.6 Å². The first-order valence-corrected chi connectivity index (χ1v) is 6.96. The minimum absolute atomic E-state index is 0.0587. The molecule has 0 atom stereocenters. The Hall–Kier alpha value is -2.89. The van der Waals surface area contributed by atoms with Gasteiger partial charge in [0.15, 0.2) is 11.5 Å². The summed E-state index contributed by atoms with van der Waals surface area (Å²) in [4.78, 5) is 20.5. The van der Waals surface area contributed by atoms with Gasteiger partial charge in [0.05, 0.1) is 12.1 Å². The van der Waals surface area contributed by atoms with Crippen molar-refractivity contribution >= 4 is 16.9 Å². The number of carbonyl (C=O) groups is 1. The summed E-state index contributed by atoms with van der Waals surface area (Å²) < 4.78 is 1.53. The fourth-order valence-corrected chi connectivity index (χ4v) is 2.58. The van der Waals surface area contributed by atoms with Crippen LogP contribution in [0, 0.1) is 13.8 Å². The van der Waals surface area contributed by atoms with Gasteiger partial charge < -0.3 is 11.6 Å². The van der Waals surface area contributed by atoms with Gasteiger partial charge in [-0.15, -0.1) is 0 Å². The summed E-state index contributed by atoms with van der Waals surface area (Å²) in [6.07, 6.45) is 0.0587. The van der Waals surface area contributed by atoms with Gasteiger partial charge in [0.25, 0.3) is 0 Å². The van der Waals surface area contributed by atoms with E-state index in [1.165, 1.54) is 4.68 Å². The van der Waals surface area contributed by atoms with Crippen molar-refractivity contribution in [2.75, 3.05) is 5.84 Å². The van der Waals surface area contributed by atoms with Crippen molar-refractivity contribution in [3.05, 3.63) is 47.3 Å². The highest BCUT2D eigenvalue weighted by molar-refractivity contribution is 5.89. The lowest BCUT2D eigenvalue weighted by atomic mass is 10.1. The highest BCUT2D eigenvalue weighted by atomic mass is 16.1. The number of carbonyl (C=O) groups excluding carboxylic acids is 1. The van der Waals surface area contributed by atoms with E-state index in [1.54, 1.807) is 0 Å². The van der Waals surface area contributed by atoms with Gasteiger partial charge in [-0.3, -0.25) is 4.79 Å². The van der Waals surface area contributed by atoms with Crippen LogP contribution in [0.4, 0.5) is 0 Å². The third-order valence-corrected chi connectivity index (χ3v) is 3.85. The molecule has 1 aromatic carbocycles. The molecule has 0 radical (unpaired) electrons. The predicted octanol–water partition coefficient (Wildman–Crippen LogP) is 1.46. The summed E-state index contributed by atoms with van der Waals surface area (Å²) in [6.45, 7) is 3.85. The van der Waals surface area contributed by atoms with Crippen LogP contribution in [0.15, 0.2) is 30.3 Å². The molecule has 0 fully saturated rings. The van der Waals surface area contributed by atoms with Crippen molar-refractivity contribution in [2.45, 2.75) is 20.3 Å². The smallest absolute Gasteiger partial charge is 0.223 e. The van der Waals surface area contributed by atoms with Gasteiger partial charge in [-0.2, -0.15) is 0 Å². The zero-order valence-electron chi connectivity index (χ0n) is 12.5. The Labute approximate surface area is 127 Å². The number of aromatic nitrogens is 3. The maximum atomic E-state index is 11.4. The second-order valence-electron chi connectivity index (χ2n) is 5.28. The number of amides is 1. The summed E-state index contributed by atoms with van der Waals surface area (Å²) in [6, 6.07) is 9.58. The van der Waals surface area contributed by atoms with E-state index in [4.69, 9.17) is 11.6 Å². The average Bonchev–Trinajstić information content (AvgIpc) is 2.72. The normalized spacial score (nSPS) is 11.0. The lowest BCUT2D eigenvalue weighted by Gasteiger charge is -2.06. The van der Waals surface area contributed by atoms with Crippen molar-refractivity contribution in [2.24, 2.45) is 5.73 Å². The first-order valence-electron chi connectivity index (χ1n) is 6.96. The number of rotatable bonds is 3. The Kier molecular flexibility index (Phi) is 3.29. The molecule has 1 amide bonds. The summed E-state index contributed by atoms with van der Waals surface area (Å²) in [5.74, 6) is 6.20. The Morgan fingerprint density at radius 3 is 2.50 bits per heavy atom.